The van der Waals surface area contributed by atoms with Gasteiger partial charge in [0.2, 0.25) is 0 Å². The zero-order chi connectivity index (χ0) is 11.4. The van der Waals surface area contributed by atoms with Crippen molar-refractivity contribution in [3.05, 3.63) is 0 Å². The second kappa shape index (κ2) is 4.97. The van der Waals surface area contributed by atoms with E-state index in [4.69, 9.17) is 10.6 Å². The first-order valence-electron chi connectivity index (χ1n) is 5.00. The Morgan fingerprint density at radius 1 is 1.53 bits per heavy atom. The third-order valence-corrected chi connectivity index (χ3v) is 2.18. The van der Waals surface area contributed by atoms with Crippen LogP contribution in [0, 0.1) is 5.92 Å². The van der Waals surface area contributed by atoms with E-state index in [9.17, 15) is 9.59 Å². The third kappa shape index (κ3) is 3.09. The Bertz CT molecular complexity index is 255. The summed E-state index contributed by atoms with van der Waals surface area (Å²) in [5.41, 5.74) is 0. The van der Waals surface area contributed by atoms with Crippen LogP contribution < -0.4 is 5.84 Å². The lowest BCUT2D eigenvalue weighted by molar-refractivity contribution is -0.151. The number of carbonyl (C=O) groups excluding carboxylic acids is 2. The van der Waals surface area contributed by atoms with Crippen LogP contribution in [0.4, 0.5) is 4.79 Å². The average molecular weight is 215 g/mol. The fourth-order valence-corrected chi connectivity index (χ4v) is 1.23. The lowest BCUT2D eigenvalue weighted by Crippen LogP contribution is -2.53. The predicted octanol–water partition coefficient (Wildman–Crippen LogP) is 0.145. The first-order chi connectivity index (χ1) is 7.02. The van der Waals surface area contributed by atoms with Crippen LogP contribution in [0.25, 0.3) is 0 Å². The molecule has 0 aromatic heterocycles. The van der Waals surface area contributed by atoms with Gasteiger partial charge in [0.15, 0.2) is 6.73 Å². The number of amides is 2. The van der Waals surface area contributed by atoms with E-state index < -0.39 is 0 Å². The molecular weight excluding hydrogens is 198 g/mol. The van der Waals surface area contributed by atoms with Crippen LogP contribution in [0.2, 0.25) is 0 Å². The van der Waals surface area contributed by atoms with Gasteiger partial charge in [0.25, 0.3) is 0 Å². The molecule has 0 aromatic carbocycles. The number of hydrazine groups is 1. The summed E-state index contributed by atoms with van der Waals surface area (Å²) in [5.74, 6) is 4.95. The van der Waals surface area contributed by atoms with Gasteiger partial charge < -0.3 is 4.74 Å². The second-order valence-corrected chi connectivity index (χ2v) is 3.84. The first-order valence-corrected chi connectivity index (χ1v) is 5.00. The van der Waals surface area contributed by atoms with Crippen LogP contribution in [0.5, 0.6) is 0 Å². The van der Waals surface area contributed by atoms with Gasteiger partial charge in [0.05, 0.1) is 5.92 Å². The summed E-state index contributed by atoms with van der Waals surface area (Å²) in [7, 11) is 0. The van der Waals surface area contributed by atoms with Crippen LogP contribution in [0.1, 0.15) is 20.3 Å². The van der Waals surface area contributed by atoms with Crippen LogP contribution in [-0.4, -0.2) is 41.7 Å². The number of rotatable bonds is 3. The highest BCUT2D eigenvalue weighted by atomic mass is 16.5. The summed E-state index contributed by atoms with van der Waals surface area (Å²) in [6, 6.07) is -0.294. The van der Waals surface area contributed by atoms with Crippen molar-refractivity contribution >= 4 is 12.0 Å². The Balaban J connectivity index is 2.38. The molecule has 1 heterocycles. The van der Waals surface area contributed by atoms with Gasteiger partial charge in [-0.25, -0.2) is 10.6 Å². The lowest BCUT2D eigenvalue weighted by Gasteiger charge is -2.32. The maximum Gasteiger partial charge on any atom is 0.336 e. The van der Waals surface area contributed by atoms with Crippen molar-refractivity contribution in [3.63, 3.8) is 0 Å². The number of ether oxygens (including phenoxy) is 1. The third-order valence-electron chi connectivity index (χ3n) is 2.18. The highest BCUT2D eigenvalue weighted by molar-refractivity contribution is 5.75. The van der Waals surface area contributed by atoms with Gasteiger partial charge in [-0.05, 0) is 6.42 Å². The van der Waals surface area contributed by atoms with E-state index in [1.54, 1.807) is 13.8 Å². The minimum atomic E-state index is -0.308. The van der Waals surface area contributed by atoms with Crippen molar-refractivity contribution in [2.75, 3.05) is 19.8 Å². The molecule has 0 radical (unpaired) electrons. The Morgan fingerprint density at radius 3 is 2.80 bits per heavy atom. The molecule has 0 aliphatic carbocycles. The Kier molecular flexibility index (Phi) is 3.90. The Labute approximate surface area is 88.9 Å². The molecule has 2 N–H and O–H groups in total. The van der Waals surface area contributed by atoms with E-state index in [-0.39, 0.29) is 24.6 Å². The maximum absolute atomic E-state index is 11.4. The zero-order valence-corrected chi connectivity index (χ0v) is 9.10. The molecule has 2 amide bonds. The molecule has 0 unspecified atom stereocenters. The molecule has 1 aliphatic heterocycles. The Morgan fingerprint density at radius 2 is 2.20 bits per heavy atom. The smallest absolute Gasteiger partial charge is 0.336 e. The minimum Gasteiger partial charge on any atom is -0.444 e. The van der Waals surface area contributed by atoms with Crippen molar-refractivity contribution in [3.8, 4) is 0 Å². The molecule has 15 heavy (non-hydrogen) atoms. The molecular formula is C9H17N3O3. The summed E-state index contributed by atoms with van der Waals surface area (Å²) >= 11 is 0. The molecule has 6 nitrogen and oxygen atoms in total. The van der Waals surface area contributed by atoms with Gasteiger partial charge >= 0.3 is 12.0 Å². The summed E-state index contributed by atoms with van der Waals surface area (Å²) < 4.78 is 4.95. The number of esters is 1. The normalized spacial score (nSPS) is 17.2. The topological polar surface area (TPSA) is 75.9 Å². The van der Waals surface area contributed by atoms with E-state index in [1.165, 1.54) is 4.90 Å². The van der Waals surface area contributed by atoms with Crippen molar-refractivity contribution in [2.45, 2.75) is 20.3 Å². The summed E-state index contributed by atoms with van der Waals surface area (Å²) in [6.45, 7) is 4.61. The van der Waals surface area contributed by atoms with Gasteiger partial charge in [-0.2, -0.15) is 0 Å². The summed E-state index contributed by atoms with van der Waals surface area (Å²) in [4.78, 5) is 24.0. The van der Waals surface area contributed by atoms with Crippen LogP contribution in [0.15, 0.2) is 0 Å². The van der Waals surface area contributed by atoms with Crippen molar-refractivity contribution in [1.29, 1.82) is 0 Å². The van der Waals surface area contributed by atoms with Crippen LogP contribution >= 0.6 is 0 Å². The molecule has 0 spiro atoms. The monoisotopic (exact) mass is 215 g/mol. The highest BCUT2D eigenvalue weighted by Crippen LogP contribution is 2.06. The van der Waals surface area contributed by atoms with Crippen LogP contribution in [0.3, 0.4) is 0 Å². The quantitative estimate of drug-likeness (QED) is 0.413. The lowest BCUT2D eigenvalue weighted by atomic mass is 10.2. The van der Waals surface area contributed by atoms with Crippen molar-refractivity contribution in [2.24, 2.45) is 11.8 Å². The number of hydrogen-bond acceptors (Lipinski definition) is 4. The molecule has 86 valence electrons. The van der Waals surface area contributed by atoms with Gasteiger partial charge in [-0.1, -0.05) is 13.8 Å². The summed E-state index contributed by atoms with van der Waals surface area (Å²) in [6.07, 6.45) is 0.793. The molecule has 0 bridgehead atoms. The molecule has 6 heteroatoms. The molecule has 1 rings (SSSR count). The van der Waals surface area contributed by atoms with E-state index in [0.29, 0.717) is 13.1 Å². The largest absolute Gasteiger partial charge is 0.444 e. The highest BCUT2D eigenvalue weighted by Gasteiger charge is 2.24. The molecule has 0 atom stereocenters. The fourth-order valence-electron chi connectivity index (χ4n) is 1.23. The van der Waals surface area contributed by atoms with E-state index >= 15 is 0 Å². The molecule has 0 saturated carbocycles. The van der Waals surface area contributed by atoms with E-state index in [0.717, 1.165) is 11.4 Å². The molecule has 1 saturated heterocycles. The fraction of sp³-hybridized carbons (Fsp3) is 0.778. The number of hydrogen-bond donors (Lipinski definition) is 1. The number of carbonyl (C=O) groups is 2. The molecule has 1 aliphatic rings. The van der Waals surface area contributed by atoms with Gasteiger partial charge in [0.1, 0.15) is 0 Å². The zero-order valence-electron chi connectivity index (χ0n) is 9.10. The SMILES string of the molecule is CC(C)C(=O)OCN1CCCN(N)C1=O. The van der Waals surface area contributed by atoms with E-state index in [2.05, 4.69) is 0 Å². The summed E-state index contributed by atoms with van der Waals surface area (Å²) in [5, 5.41) is 1.13. The minimum absolute atomic E-state index is 0.0104. The van der Waals surface area contributed by atoms with E-state index in [1.807, 2.05) is 0 Å². The predicted molar refractivity (Wildman–Crippen MR) is 53.4 cm³/mol. The number of nitrogens with zero attached hydrogens (tertiary/aromatic N) is 2. The van der Waals surface area contributed by atoms with Crippen molar-refractivity contribution < 1.29 is 14.3 Å². The van der Waals surface area contributed by atoms with Gasteiger partial charge in [-0.15, -0.1) is 0 Å². The average Bonchev–Trinajstić information content (AvgIpc) is 2.19. The van der Waals surface area contributed by atoms with Gasteiger partial charge in [-0.3, -0.25) is 14.7 Å². The maximum atomic E-state index is 11.4. The van der Waals surface area contributed by atoms with Gasteiger partial charge in [0, 0.05) is 13.1 Å². The second-order valence-electron chi connectivity index (χ2n) is 3.84. The number of urea groups is 1. The van der Waals surface area contributed by atoms with Crippen molar-refractivity contribution in [1.82, 2.24) is 9.91 Å². The molecule has 0 aromatic rings. The number of nitrogens with two attached hydrogens (primary N) is 1. The molecule has 1 fully saturated rings. The standard InChI is InChI=1S/C9H17N3O3/c1-7(2)8(13)15-6-11-4-3-5-12(10)9(11)14/h7H,3-6,10H2,1-2H3. The van der Waals surface area contributed by atoms with Crippen LogP contribution in [-0.2, 0) is 9.53 Å². The first kappa shape index (κ1) is 11.8. The Hall–Kier alpha value is -1.30.